The number of fused-ring (bicyclic) bond motifs is 2. The molecular formula is C20H18NO+. The molecule has 0 amide bonds. The van der Waals surface area contributed by atoms with Gasteiger partial charge < -0.3 is 4.42 Å². The van der Waals surface area contributed by atoms with Crippen molar-refractivity contribution in [3.63, 3.8) is 0 Å². The van der Waals surface area contributed by atoms with Crippen molar-refractivity contribution in [2.24, 2.45) is 7.05 Å². The SMILES string of the molecule is Cc1ccc2cc[n+](C)c(-c3cc4occc4cc3C)c2c1. The number of hydrogen-bond donors (Lipinski definition) is 0. The lowest BCUT2D eigenvalue weighted by Crippen LogP contribution is -2.30. The van der Waals surface area contributed by atoms with Crippen molar-refractivity contribution in [3.8, 4) is 11.3 Å². The fourth-order valence-electron chi connectivity index (χ4n) is 3.19. The summed E-state index contributed by atoms with van der Waals surface area (Å²) in [6.07, 6.45) is 3.87. The van der Waals surface area contributed by atoms with Crippen LogP contribution < -0.4 is 4.57 Å². The van der Waals surface area contributed by atoms with E-state index in [1.165, 1.54) is 33.2 Å². The van der Waals surface area contributed by atoms with Crippen molar-refractivity contribution in [1.29, 1.82) is 0 Å². The van der Waals surface area contributed by atoms with Crippen LogP contribution in [0, 0.1) is 13.8 Å². The molecule has 2 nitrogen and oxygen atoms in total. The van der Waals surface area contributed by atoms with Gasteiger partial charge in [-0.2, -0.15) is 0 Å². The summed E-state index contributed by atoms with van der Waals surface area (Å²) in [7, 11) is 2.10. The predicted octanol–water partition coefficient (Wildman–Crippen LogP) is 4.69. The summed E-state index contributed by atoms with van der Waals surface area (Å²) in [6, 6.07) is 15.1. The normalized spacial score (nSPS) is 11.4. The third-order valence-corrected chi connectivity index (χ3v) is 4.35. The Morgan fingerprint density at radius 2 is 1.77 bits per heavy atom. The van der Waals surface area contributed by atoms with Crippen molar-refractivity contribution in [2.45, 2.75) is 13.8 Å². The highest BCUT2D eigenvalue weighted by atomic mass is 16.3. The predicted molar refractivity (Wildman–Crippen MR) is 89.8 cm³/mol. The van der Waals surface area contributed by atoms with Crippen molar-refractivity contribution in [1.82, 2.24) is 0 Å². The zero-order chi connectivity index (χ0) is 15.3. The van der Waals surface area contributed by atoms with Crippen LogP contribution in [0.5, 0.6) is 0 Å². The Morgan fingerprint density at radius 1 is 0.909 bits per heavy atom. The number of pyridine rings is 1. The molecule has 108 valence electrons. The molecular weight excluding hydrogens is 270 g/mol. The van der Waals surface area contributed by atoms with Crippen LogP contribution >= 0.6 is 0 Å². The molecule has 0 bridgehead atoms. The van der Waals surface area contributed by atoms with Crippen LogP contribution in [0.3, 0.4) is 0 Å². The third kappa shape index (κ3) is 1.92. The van der Waals surface area contributed by atoms with E-state index in [9.17, 15) is 0 Å². The first-order chi connectivity index (χ1) is 10.6. The molecule has 4 aromatic rings. The average molecular weight is 288 g/mol. The minimum Gasteiger partial charge on any atom is -0.464 e. The Labute approximate surface area is 129 Å². The molecule has 2 aromatic carbocycles. The molecule has 0 aliphatic heterocycles. The van der Waals surface area contributed by atoms with Crippen LogP contribution in [0.2, 0.25) is 0 Å². The number of benzene rings is 2. The second kappa shape index (κ2) is 4.70. The van der Waals surface area contributed by atoms with E-state index >= 15 is 0 Å². The van der Waals surface area contributed by atoms with Gasteiger partial charge in [0.1, 0.15) is 12.6 Å². The topological polar surface area (TPSA) is 17.0 Å². The number of hydrogen-bond acceptors (Lipinski definition) is 1. The lowest BCUT2D eigenvalue weighted by molar-refractivity contribution is -0.659. The molecule has 4 rings (SSSR count). The zero-order valence-corrected chi connectivity index (χ0v) is 13.1. The largest absolute Gasteiger partial charge is 0.464 e. The van der Waals surface area contributed by atoms with E-state index in [-0.39, 0.29) is 0 Å². The van der Waals surface area contributed by atoms with Gasteiger partial charge >= 0.3 is 0 Å². The van der Waals surface area contributed by atoms with E-state index in [4.69, 9.17) is 4.42 Å². The van der Waals surface area contributed by atoms with Gasteiger partial charge in [-0.3, -0.25) is 0 Å². The van der Waals surface area contributed by atoms with Gasteiger partial charge in [0.05, 0.1) is 17.2 Å². The minimum absolute atomic E-state index is 0.935. The van der Waals surface area contributed by atoms with E-state index in [1.54, 1.807) is 6.26 Å². The lowest BCUT2D eigenvalue weighted by Gasteiger charge is -2.08. The maximum atomic E-state index is 5.60. The van der Waals surface area contributed by atoms with Crippen LogP contribution in [0.1, 0.15) is 11.1 Å². The Hall–Kier alpha value is -2.61. The van der Waals surface area contributed by atoms with Crippen molar-refractivity contribution < 1.29 is 8.98 Å². The van der Waals surface area contributed by atoms with E-state index in [0.29, 0.717) is 0 Å². The molecule has 2 aromatic heterocycles. The van der Waals surface area contributed by atoms with Crippen molar-refractivity contribution in [3.05, 3.63) is 66.1 Å². The second-order valence-electron chi connectivity index (χ2n) is 5.99. The molecule has 0 fully saturated rings. The summed E-state index contributed by atoms with van der Waals surface area (Å²) in [5.74, 6) is 0. The molecule has 2 heteroatoms. The van der Waals surface area contributed by atoms with Gasteiger partial charge in [-0.1, -0.05) is 17.7 Å². The highest BCUT2D eigenvalue weighted by Crippen LogP contribution is 2.31. The molecule has 0 N–H and O–H groups in total. The average Bonchev–Trinajstić information content (AvgIpc) is 2.93. The Balaban J connectivity index is 2.12. The summed E-state index contributed by atoms with van der Waals surface area (Å²) in [4.78, 5) is 0. The van der Waals surface area contributed by atoms with E-state index in [1.807, 2.05) is 6.07 Å². The molecule has 0 atom stereocenters. The Bertz CT molecular complexity index is 1010. The fraction of sp³-hybridized carbons (Fsp3) is 0.150. The summed E-state index contributed by atoms with van der Waals surface area (Å²) in [6.45, 7) is 4.30. The minimum atomic E-state index is 0.935. The van der Waals surface area contributed by atoms with Crippen LogP contribution in [0.4, 0.5) is 0 Å². The van der Waals surface area contributed by atoms with E-state index < -0.39 is 0 Å². The fourth-order valence-corrected chi connectivity index (χ4v) is 3.19. The molecule has 2 heterocycles. The maximum absolute atomic E-state index is 5.60. The summed E-state index contributed by atoms with van der Waals surface area (Å²) < 4.78 is 7.79. The molecule has 0 unspecified atom stereocenters. The molecule has 0 spiro atoms. The van der Waals surface area contributed by atoms with Gasteiger partial charge in [0.25, 0.3) is 0 Å². The number of aromatic nitrogens is 1. The molecule has 0 aliphatic carbocycles. The zero-order valence-electron chi connectivity index (χ0n) is 13.1. The second-order valence-corrected chi connectivity index (χ2v) is 5.99. The van der Waals surface area contributed by atoms with Crippen LogP contribution in [0.25, 0.3) is 33.0 Å². The van der Waals surface area contributed by atoms with Crippen molar-refractivity contribution >= 4 is 21.7 Å². The molecule has 0 aliphatic rings. The number of furan rings is 1. The maximum Gasteiger partial charge on any atom is 0.220 e. The first-order valence-electron chi connectivity index (χ1n) is 7.51. The van der Waals surface area contributed by atoms with Gasteiger partial charge in [0.15, 0.2) is 6.20 Å². The number of nitrogens with zero attached hydrogens (tertiary/aromatic N) is 1. The highest BCUT2D eigenvalue weighted by molar-refractivity contribution is 5.96. The first-order valence-corrected chi connectivity index (χ1v) is 7.51. The smallest absolute Gasteiger partial charge is 0.220 e. The van der Waals surface area contributed by atoms with Gasteiger partial charge in [0.2, 0.25) is 5.69 Å². The molecule has 0 saturated heterocycles. The van der Waals surface area contributed by atoms with Gasteiger partial charge in [-0.05, 0) is 49.1 Å². The summed E-state index contributed by atoms with van der Waals surface area (Å²) in [5.41, 5.74) is 5.93. The van der Waals surface area contributed by atoms with E-state index in [2.05, 4.69) is 68.1 Å². The summed E-state index contributed by atoms with van der Waals surface area (Å²) >= 11 is 0. The van der Waals surface area contributed by atoms with Gasteiger partial charge in [-0.15, -0.1) is 0 Å². The monoisotopic (exact) mass is 288 g/mol. The van der Waals surface area contributed by atoms with Gasteiger partial charge in [0, 0.05) is 11.5 Å². The molecule has 22 heavy (non-hydrogen) atoms. The third-order valence-electron chi connectivity index (χ3n) is 4.35. The highest BCUT2D eigenvalue weighted by Gasteiger charge is 2.18. The van der Waals surface area contributed by atoms with E-state index in [0.717, 1.165) is 11.0 Å². The molecule has 0 radical (unpaired) electrons. The first kappa shape index (κ1) is 13.1. The van der Waals surface area contributed by atoms with Gasteiger partial charge in [-0.25, -0.2) is 4.57 Å². The number of aryl methyl sites for hydroxylation is 3. The molecule has 0 saturated carbocycles. The van der Waals surface area contributed by atoms with Crippen LogP contribution in [-0.4, -0.2) is 0 Å². The van der Waals surface area contributed by atoms with Crippen LogP contribution in [0.15, 0.2) is 59.3 Å². The summed E-state index contributed by atoms with van der Waals surface area (Å²) in [5, 5.41) is 3.69. The quantitative estimate of drug-likeness (QED) is 0.464. The van der Waals surface area contributed by atoms with Crippen molar-refractivity contribution in [2.75, 3.05) is 0 Å². The number of rotatable bonds is 1. The van der Waals surface area contributed by atoms with Crippen LogP contribution in [-0.2, 0) is 7.05 Å². The Morgan fingerprint density at radius 3 is 2.64 bits per heavy atom. The Kier molecular flexibility index (Phi) is 2.80. The standard InChI is InChI=1S/C20H18NO/c1-13-4-5-15-6-8-21(3)20(18(15)10-13)17-12-19-16(7-9-22-19)11-14(17)2/h4-12H,1-3H3/q+1. The lowest BCUT2D eigenvalue weighted by atomic mass is 9.97.